The van der Waals surface area contributed by atoms with E-state index in [1.54, 1.807) is 0 Å². The van der Waals surface area contributed by atoms with Gasteiger partial charge in [0, 0.05) is 23.6 Å². The molecule has 2 saturated heterocycles. The molecule has 0 spiro atoms. The summed E-state index contributed by atoms with van der Waals surface area (Å²) in [6.07, 6.45) is 1.36. The second kappa shape index (κ2) is 3.58. The summed E-state index contributed by atoms with van der Waals surface area (Å²) < 4.78 is 6.74. The summed E-state index contributed by atoms with van der Waals surface area (Å²) in [5.41, 5.74) is 0. The monoisotopic (exact) mass is 267 g/mol. The van der Waals surface area contributed by atoms with Crippen molar-refractivity contribution in [2.75, 3.05) is 30.7 Å². The molecule has 0 aromatic rings. The third-order valence-corrected chi connectivity index (χ3v) is 3.91. The van der Waals surface area contributed by atoms with Gasteiger partial charge in [0.2, 0.25) is 0 Å². The number of fused-ring (bicyclic) bond motifs is 1. The van der Waals surface area contributed by atoms with E-state index in [-0.39, 0.29) is 0 Å². The lowest BCUT2D eigenvalue weighted by molar-refractivity contribution is 0.0128. The molecule has 2 nitrogen and oxygen atoms in total. The van der Waals surface area contributed by atoms with Gasteiger partial charge < -0.3 is 4.74 Å². The highest BCUT2D eigenvalue weighted by atomic mass is 127. The van der Waals surface area contributed by atoms with Gasteiger partial charge in [0.15, 0.2) is 0 Å². The molecule has 2 aliphatic heterocycles. The Hall–Kier alpha value is 0.650. The Bertz CT molecular complexity index is 128. The first-order valence-electron chi connectivity index (χ1n) is 4.28. The number of rotatable bonds is 1. The number of hydrogen-bond acceptors (Lipinski definition) is 2. The number of nitrogens with zero attached hydrogens (tertiary/aromatic N) is 1. The summed E-state index contributed by atoms with van der Waals surface area (Å²) in [6.45, 7) is 4.41. The lowest BCUT2D eigenvalue weighted by Gasteiger charge is -2.28. The first-order chi connectivity index (χ1) is 5.40. The summed E-state index contributed by atoms with van der Waals surface area (Å²) in [7, 11) is 0. The number of hydrogen-bond donors (Lipinski definition) is 0. The molecule has 2 aliphatic rings. The predicted molar refractivity (Wildman–Crippen MR) is 53.2 cm³/mol. The minimum atomic E-state index is 0.753. The highest BCUT2D eigenvalue weighted by Crippen LogP contribution is 2.26. The van der Waals surface area contributed by atoms with Gasteiger partial charge in [-0.1, -0.05) is 22.6 Å². The van der Waals surface area contributed by atoms with Crippen LogP contribution in [0.4, 0.5) is 0 Å². The molecule has 0 bridgehead atoms. The molecule has 11 heavy (non-hydrogen) atoms. The highest BCUT2D eigenvalue weighted by molar-refractivity contribution is 14.1. The summed E-state index contributed by atoms with van der Waals surface area (Å²) >= 11 is 2.50. The van der Waals surface area contributed by atoms with Crippen LogP contribution in [0.5, 0.6) is 0 Å². The van der Waals surface area contributed by atoms with Gasteiger partial charge in [0.05, 0.1) is 13.2 Å². The molecule has 0 N–H and O–H groups in total. The van der Waals surface area contributed by atoms with E-state index in [0.717, 1.165) is 31.7 Å². The van der Waals surface area contributed by atoms with E-state index in [2.05, 4.69) is 27.5 Å². The number of morpholine rings is 1. The van der Waals surface area contributed by atoms with Crippen LogP contribution in [0.25, 0.3) is 0 Å². The van der Waals surface area contributed by atoms with Gasteiger partial charge in [0.1, 0.15) is 0 Å². The Kier molecular flexibility index (Phi) is 2.69. The van der Waals surface area contributed by atoms with Crippen molar-refractivity contribution in [3.63, 3.8) is 0 Å². The van der Waals surface area contributed by atoms with Crippen LogP contribution >= 0.6 is 22.6 Å². The van der Waals surface area contributed by atoms with Crippen LogP contribution in [0.15, 0.2) is 0 Å². The van der Waals surface area contributed by atoms with E-state index in [1.165, 1.54) is 17.4 Å². The second-order valence-corrected chi connectivity index (χ2v) is 4.36. The highest BCUT2D eigenvalue weighted by Gasteiger charge is 2.33. The molecule has 2 heterocycles. The van der Waals surface area contributed by atoms with Gasteiger partial charge in [-0.25, -0.2) is 0 Å². The number of alkyl halides is 1. The fraction of sp³-hybridized carbons (Fsp3) is 1.00. The molecule has 0 unspecified atom stereocenters. The Balaban J connectivity index is 1.92. The van der Waals surface area contributed by atoms with Crippen molar-refractivity contribution < 1.29 is 4.74 Å². The molecule has 2 rings (SSSR count). The summed E-state index contributed by atoms with van der Waals surface area (Å²) in [5.74, 6) is 0.933. The minimum Gasteiger partial charge on any atom is -0.378 e. The van der Waals surface area contributed by atoms with E-state index >= 15 is 0 Å². The quantitative estimate of drug-likeness (QED) is 0.522. The Morgan fingerprint density at radius 3 is 3.18 bits per heavy atom. The zero-order valence-corrected chi connectivity index (χ0v) is 8.79. The molecule has 0 saturated carbocycles. The molecule has 2 fully saturated rings. The molecule has 0 radical (unpaired) electrons. The van der Waals surface area contributed by atoms with Crippen molar-refractivity contribution in [3.05, 3.63) is 0 Å². The van der Waals surface area contributed by atoms with Crippen LogP contribution < -0.4 is 0 Å². The minimum absolute atomic E-state index is 0.753. The molecule has 3 heteroatoms. The van der Waals surface area contributed by atoms with Crippen LogP contribution in [0.3, 0.4) is 0 Å². The molecular weight excluding hydrogens is 253 g/mol. The maximum Gasteiger partial charge on any atom is 0.0622 e. The van der Waals surface area contributed by atoms with Gasteiger partial charge in [-0.3, -0.25) is 4.90 Å². The molecule has 0 aliphatic carbocycles. The zero-order valence-electron chi connectivity index (χ0n) is 6.63. The maximum atomic E-state index is 5.43. The average Bonchev–Trinajstić information content (AvgIpc) is 2.46. The normalized spacial score (nSPS) is 39.0. The Morgan fingerprint density at radius 1 is 1.55 bits per heavy atom. The smallest absolute Gasteiger partial charge is 0.0622 e. The molecule has 0 aromatic heterocycles. The molecule has 0 aromatic carbocycles. The molecule has 64 valence electrons. The van der Waals surface area contributed by atoms with Crippen molar-refractivity contribution in [3.8, 4) is 0 Å². The molecule has 0 amide bonds. The van der Waals surface area contributed by atoms with Crippen molar-refractivity contribution >= 4 is 22.6 Å². The SMILES string of the molecule is IC[C@H]1C[C@H]2COCCN2C1. The van der Waals surface area contributed by atoms with Gasteiger partial charge in [-0.15, -0.1) is 0 Å². The van der Waals surface area contributed by atoms with Gasteiger partial charge in [-0.05, 0) is 12.3 Å². The van der Waals surface area contributed by atoms with Crippen LogP contribution in [0, 0.1) is 5.92 Å². The van der Waals surface area contributed by atoms with Gasteiger partial charge >= 0.3 is 0 Å². The van der Waals surface area contributed by atoms with Crippen molar-refractivity contribution in [1.82, 2.24) is 4.90 Å². The van der Waals surface area contributed by atoms with E-state index in [9.17, 15) is 0 Å². The van der Waals surface area contributed by atoms with Gasteiger partial charge in [0.25, 0.3) is 0 Å². The standard InChI is InChI=1S/C8H14INO/c9-4-7-3-8-6-11-2-1-10(8)5-7/h7-8H,1-6H2/t7-,8+/m1/s1. The van der Waals surface area contributed by atoms with E-state index in [1.807, 2.05) is 0 Å². The summed E-state index contributed by atoms with van der Waals surface area (Å²) in [6, 6.07) is 0.753. The Labute approximate surface area is 81.4 Å². The summed E-state index contributed by atoms with van der Waals surface area (Å²) in [5, 5.41) is 0. The van der Waals surface area contributed by atoms with Crippen molar-refractivity contribution in [1.29, 1.82) is 0 Å². The van der Waals surface area contributed by atoms with Crippen LogP contribution in [0.2, 0.25) is 0 Å². The molecule has 2 atom stereocenters. The number of ether oxygens (including phenoxy) is 1. The van der Waals surface area contributed by atoms with Crippen LogP contribution in [0.1, 0.15) is 6.42 Å². The van der Waals surface area contributed by atoms with Crippen molar-refractivity contribution in [2.24, 2.45) is 5.92 Å². The zero-order chi connectivity index (χ0) is 7.68. The number of halogens is 1. The third kappa shape index (κ3) is 1.70. The fourth-order valence-electron chi connectivity index (χ4n) is 2.05. The lowest BCUT2D eigenvalue weighted by Crippen LogP contribution is -2.40. The third-order valence-electron chi connectivity index (χ3n) is 2.67. The maximum absolute atomic E-state index is 5.43. The fourth-order valence-corrected chi connectivity index (χ4v) is 2.69. The predicted octanol–water partition coefficient (Wildman–Crippen LogP) is 1.14. The topological polar surface area (TPSA) is 12.5 Å². The van der Waals surface area contributed by atoms with Gasteiger partial charge in [-0.2, -0.15) is 0 Å². The van der Waals surface area contributed by atoms with E-state index in [0.29, 0.717) is 0 Å². The summed E-state index contributed by atoms with van der Waals surface area (Å²) in [4.78, 5) is 2.59. The molecular formula is C8H14INO. The lowest BCUT2D eigenvalue weighted by atomic mass is 10.1. The first kappa shape index (κ1) is 8.26. The largest absolute Gasteiger partial charge is 0.378 e. The van der Waals surface area contributed by atoms with E-state index in [4.69, 9.17) is 4.74 Å². The second-order valence-electron chi connectivity index (χ2n) is 3.48. The van der Waals surface area contributed by atoms with Crippen LogP contribution in [-0.4, -0.2) is 41.7 Å². The van der Waals surface area contributed by atoms with E-state index < -0.39 is 0 Å². The van der Waals surface area contributed by atoms with Crippen LogP contribution in [-0.2, 0) is 4.74 Å². The average molecular weight is 267 g/mol. The Morgan fingerprint density at radius 2 is 2.45 bits per heavy atom. The van der Waals surface area contributed by atoms with Crippen molar-refractivity contribution in [2.45, 2.75) is 12.5 Å². The first-order valence-corrected chi connectivity index (χ1v) is 5.80.